The van der Waals surface area contributed by atoms with E-state index in [-0.39, 0.29) is 5.54 Å². The summed E-state index contributed by atoms with van der Waals surface area (Å²) in [5, 5.41) is 0. The van der Waals surface area contributed by atoms with Crippen LogP contribution in [0.25, 0.3) is 0 Å². The lowest BCUT2D eigenvalue weighted by Gasteiger charge is -2.41. The predicted molar refractivity (Wildman–Crippen MR) is 61.8 cm³/mol. The molecule has 0 saturated heterocycles. The maximum absolute atomic E-state index is 6.23. The Morgan fingerprint density at radius 2 is 1.86 bits per heavy atom. The molecule has 1 heteroatoms. The summed E-state index contributed by atoms with van der Waals surface area (Å²) in [7, 11) is 0. The van der Waals surface area contributed by atoms with Crippen molar-refractivity contribution < 1.29 is 0 Å². The summed E-state index contributed by atoms with van der Waals surface area (Å²) in [5.74, 6) is 3.52. The van der Waals surface area contributed by atoms with Crippen molar-refractivity contribution in [2.45, 2.75) is 58.4 Å². The quantitative estimate of drug-likeness (QED) is 0.637. The van der Waals surface area contributed by atoms with Gasteiger partial charge in [-0.1, -0.05) is 20.8 Å². The molecule has 0 spiro atoms. The highest BCUT2D eigenvalue weighted by atomic mass is 14.7. The van der Waals surface area contributed by atoms with Crippen LogP contribution in [0.2, 0.25) is 0 Å². The van der Waals surface area contributed by atoms with Crippen LogP contribution in [0.15, 0.2) is 0 Å². The largest absolute Gasteiger partial charge is 0.324 e. The van der Waals surface area contributed by atoms with Gasteiger partial charge in [0, 0.05) is 12.0 Å². The minimum atomic E-state index is -0.0590. The Morgan fingerprint density at radius 3 is 2.21 bits per heavy atom. The van der Waals surface area contributed by atoms with Gasteiger partial charge in [-0.2, -0.15) is 0 Å². The van der Waals surface area contributed by atoms with E-state index in [1.165, 1.54) is 12.8 Å². The molecule has 0 aromatic heterocycles. The highest BCUT2D eigenvalue weighted by Gasteiger charge is 2.35. The Hall–Kier alpha value is -0.480. The van der Waals surface area contributed by atoms with Crippen LogP contribution in [0.4, 0.5) is 0 Å². The lowest BCUT2D eigenvalue weighted by Crippen LogP contribution is -2.44. The summed E-state index contributed by atoms with van der Waals surface area (Å²) in [6, 6.07) is 0. The molecule has 14 heavy (non-hydrogen) atoms. The second-order valence-electron chi connectivity index (χ2n) is 5.88. The molecule has 1 fully saturated rings. The molecule has 1 aliphatic rings. The van der Waals surface area contributed by atoms with Crippen LogP contribution < -0.4 is 5.73 Å². The number of hydrogen-bond acceptors (Lipinski definition) is 1. The van der Waals surface area contributed by atoms with E-state index in [4.69, 9.17) is 12.2 Å². The summed E-state index contributed by atoms with van der Waals surface area (Å²) in [4.78, 5) is 0. The van der Waals surface area contributed by atoms with E-state index in [9.17, 15) is 0 Å². The third-order valence-electron chi connectivity index (χ3n) is 3.66. The molecule has 1 nitrogen and oxygen atoms in total. The Morgan fingerprint density at radius 1 is 1.36 bits per heavy atom. The van der Waals surface area contributed by atoms with Crippen LogP contribution in [0, 0.1) is 23.7 Å². The average Bonchev–Trinajstić information content (AvgIpc) is 2.03. The number of nitrogens with two attached hydrogens (primary N) is 1. The highest BCUT2D eigenvalue weighted by molar-refractivity contribution is 5.01. The van der Waals surface area contributed by atoms with Crippen LogP contribution in [0.3, 0.4) is 0 Å². The molecular weight excluding hydrogens is 170 g/mol. The van der Waals surface area contributed by atoms with Crippen molar-refractivity contribution in [2.75, 3.05) is 0 Å². The Labute approximate surface area is 88.5 Å². The van der Waals surface area contributed by atoms with Gasteiger partial charge in [0.2, 0.25) is 0 Å². The van der Waals surface area contributed by atoms with Gasteiger partial charge < -0.3 is 5.73 Å². The van der Waals surface area contributed by atoms with Crippen LogP contribution in [0.5, 0.6) is 0 Å². The van der Waals surface area contributed by atoms with E-state index in [0.29, 0.717) is 5.41 Å². The van der Waals surface area contributed by atoms with Crippen LogP contribution in [-0.4, -0.2) is 5.54 Å². The molecule has 0 radical (unpaired) electrons. The van der Waals surface area contributed by atoms with Crippen molar-refractivity contribution in [3.63, 3.8) is 0 Å². The number of rotatable bonds is 1. The van der Waals surface area contributed by atoms with E-state index in [2.05, 4.69) is 26.7 Å². The normalized spacial score (nSPS) is 33.8. The van der Waals surface area contributed by atoms with Crippen molar-refractivity contribution >= 4 is 0 Å². The van der Waals surface area contributed by atoms with E-state index in [0.717, 1.165) is 25.2 Å². The fourth-order valence-corrected chi connectivity index (χ4v) is 2.44. The van der Waals surface area contributed by atoms with Gasteiger partial charge in [0.25, 0.3) is 0 Å². The molecule has 0 bridgehead atoms. The van der Waals surface area contributed by atoms with Crippen molar-refractivity contribution in [2.24, 2.45) is 17.1 Å². The average molecular weight is 193 g/mol. The minimum absolute atomic E-state index is 0.0590. The van der Waals surface area contributed by atoms with Crippen LogP contribution in [-0.2, 0) is 0 Å². The lowest BCUT2D eigenvalue weighted by atomic mass is 9.67. The van der Waals surface area contributed by atoms with Crippen molar-refractivity contribution in [3.05, 3.63) is 0 Å². The molecule has 2 N–H and O–H groups in total. The molecule has 0 aromatic carbocycles. The maximum atomic E-state index is 6.23. The third-order valence-corrected chi connectivity index (χ3v) is 3.66. The Bertz CT molecular complexity index is 221. The molecule has 0 unspecified atom stereocenters. The van der Waals surface area contributed by atoms with Gasteiger partial charge >= 0.3 is 0 Å². The molecule has 80 valence electrons. The molecule has 0 amide bonds. The van der Waals surface area contributed by atoms with E-state index >= 15 is 0 Å². The fraction of sp³-hybridized carbons (Fsp3) is 0.846. The standard InChI is InChI=1S/C13H23N/c1-5-8-13(14)9-6-11(7-10-13)12(2,3)4/h1,11H,6-10,14H2,2-4H3. The molecule has 0 heterocycles. The van der Waals surface area contributed by atoms with Gasteiger partial charge in [0.15, 0.2) is 0 Å². The second kappa shape index (κ2) is 3.95. The van der Waals surface area contributed by atoms with Crippen molar-refractivity contribution in [3.8, 4) is 12.3 Å². The summed E-state index contributed by atoms with van der Waals surface area (Å²) < 4.78 is 0. The van der Waals surface area contributed by atoms with Gasteiger partial charge in [0.05, 0.1) is 0 Å². The van der Waals surface area contributed by atoms with Gasteiger partial charge in [-0.3, -0.25) is 0 Å². The Balaban J connectivity index is 2.51. The molecule has 1 aliphatic carbocycles. The van der Waals surface area contributed by atoms with E-state index in [1.54, 1.807) is 0 Å². The van der Waals surface area contributed by atoms with Crippen LogP contribution >= 0.6 is 0 Å². The first-order valence-electron chi connectivity index (χ1n) is 5.60. The molecule has 0 aliphatic heterocycles. The lowest BCUT2D eigenvalue weighted by molar-refractivity contribution is 0.136. The SMILES string of the molecule is C#CCC1(N)CCC(C(C)(C)C)CC1. The highest BCUT2D eigenvalue weighted by Crippen LogP contribution is 2.41. The van der Waals surface area contributed by atoms with Gasteiger partial charge in [-0.05, 0) is 37.0 Å². The Kier molecular flexibility index (Phi) is 3.27. The summed E-state index contributed by atoms with van der Waals surface area (Å²) in [5.41, 5.74) is 6.60. The first-order chi connectivity index (χ1) is 6.37. The molecule has 1 saturated carbocycles. The van der Waals surface area contributed by atoms with Crippen molar-refractivity contribution in [1.82, 2.24) is 0 Å². The van der Waals surface area contributed by atoms with E-state index in [1.807, 2.05) is 0 Å². The van der Waals surface area contributed by atoms with Gasteiger partial charge in [-0.15, -0.1) is 12.3 Å². The number of terminal acetylenes is 1. The molecule has 0 atom stereocenters. The second-order valence-corrected chi connectivity index (χ2v) is 5.88. The van der Waals surface area contributed by atoms with Gasteiger partial charge in [0.1, 0.15) is 0 Å². The molecule has 1 rings (SSSR count). The number of hydrogen-bond donors (Lipinski definition) is 1. The third kappa shape index (κ3) is 2.75. The fourth-order valence-electron chi connectivity index (χ4n) is 2.44. The monoisotopic (exact) mass is 193 g/mol. The minimum Gasteiger partial charge on any atom is -0.324 e. The predicted octanol–water partition coefficient (Wildman–Crippen LogP) is 2.94. The zero-order valence-electron chi connectivity index (χ0n) is 9.77. The summed E-state index contributed by atoms with van der Waals surface area (Å²) in [6.07, 6.45) is 10.7. The first kappa shape index (κ1) is 11.6. The molecular formula is C13H23N. The summed E-state index contributed by atoms with van der Waals surface area (Å²) >= 11 is 0. The van der Waals surface area contributed by atoms with E-state index < -0.39 is 0 Å². The smallest absolute Gasteiger partial charge is 0.0267 e. The zero-order valence-corrected chi connectivity index (χ0v) is 9.77. The topological polar surface area (TPSA) is 26.0 Å². The summed E-state index contributed by atoms with van der Waals surface area (Å²) in [6.45, 7) is 6.97. The molecule has 0 aromatic rings. The first-order valence-corrected chi connectivity index (χ1v) is 5.60. The zero-order chi connectivity index (χ0) is 10.8. The van der Waals surface area contributed by atoms with Gasteiger partial charge in [-0.25, -0.2) is 0 Å². The van der Waals surface area contributed by atoms with Crippen LogP contribution in [0.1, 0.15) is 52.9 Å². The van der Waals surface area contributed by atoms with Crippen molar-refractivity contribution in [1.29, 1.82) is 0 Å². The maximum Gasteiger partial charge on any atom is 0.0267 e.